The molecule has 1 fully saturated rings. The first-order valence-electron chi connectivity index (χ1n) is 2.80. The lowest BCUT2D eigenvalue weighted by atomic mass is 10.3. The molecule has 0 spiro atoms. The molecule has 1 saturated carbocycles. The summed E-state index contributed by atoms with van der Waals surface area (Å²) in [4.78, 5) is 0. The zero-order chi connectivity index (χ0) is 6.69. The van der Waals surface area contributed by atoms with Crippen molar-refractivity contribution in [2.75, 3.05) is 0 Å². The van der Waals surface area contributed by atoms with E-state index in [-0.39, 0.29) is 0 Å². The van der Waals surface area contributed by atoms with Crippen LogP contribution in [0.2, 0.25) is 0 Å². The Morgan fingerprint density at radius 1 is 1.00 bits per heavy atom. The molecule has 0 aliphatic heterocycles. The van der Waals surface area contributed by atoms with Crippen LogP contribution in [0.15, 0.2) is 10.3 Å². The average Bonchev–Trinajstić information content (AvgIpc) is 2.33. The van der Waals surface area contributed by atoms with E-state index in [1.165, 1.54) is 0 Å². The van der Waals surface area contributed by atoms with E-state index >= 15 is 0 Å². The van der Waals surface area contributed by atoms with Gasteiger partial charge in [-0.15, -0.1) is 0 Å². The van der Waals surface area contributed by atoms with Crippen molar-refractivity contribution in [1.82, 2.24) is 0 Å². The number of rotatable bonds is 0. The highest BCUT2D eigenvalue weighted by atomic mass is 16.4. The van der Waals surface area contributed by atoms with Gasteiger partial charge in [0.05, 0.1) is 0 Å². The molecule has 0 aromatic heterocycles. The summed E-state index contributed by atoms with van der Waals surface area (Å²) in [7, 11) is 0. The molecule has 0 atom stereocenters. The molecule has 0 heterocycles. The molecule has 1 aliphatic carbocycles. The van der Waals surface area contributed by atoms with Crippen LogP contribution in [0.1, 0.15) is 19.3 Å². The Bertz CT molecular complexity index is 144. The van der Waals surface area contributed by atoms with Gasteiger partial charge >= 0.3 is 0 Å². The third-order valence-corrected chi connectivity index (χ3v) is 1.40. The van der Waals surface area contributed by atoms with E-state index in [2.05, 4.69) is 10.3 Å². The first-order valence-corrected chi connectivity index (χ1v) is 2.80. The summed E-state index contributed by atoms with van der Waals surface area (Å²) in [6, 6.07) is 0. The van der Waals surface area contributed by atoms with Gasteiger partial charge in [-0.25, -0.2) is 0 Å². The van der Waals surface area contributed by atoms with Crippen LogP contribution in [0.3, 0.4) is 0 Å². The molecule has 2 N–H and O–H groups in total. The second-order valence-corrected chi connectivity index (χ2v) is 1.95. The van der Waals surface area contributed by atoms with Gasteiger partial charge in [-0.1, -0.05) is 10.3 Å². The maximum atomic E-state index is 8.26. The summed E-state index contributed by atoms with van der Waals surface area (Å²) in [5.41, 5.74) is 1.02. The molecule has 0 aromatic carbocycles. The lowest BCUT2D eigenvalue weighted by molar-refractivity contribution is 0.313. The molecule has 1 aliphatic rings. The quantitative estimate of drug-likeness (QED) is 0.375. The van der Waals surface area contributed by atoms with Crippen molar-refractivity contribution in [2.24, 2.45) is 10.3 Å². The van der Waals surface area contributed by atoms with E-state index in [1.807, 2.05) is 0 Å². The summed E-state index contributed by atoms with van der Waals surface area (Å²) in [6.45, 7) is 0. The first kappa shape index (κ1) is 6.07. The van der Waals surface area contributed by atoms with Crippen LogP contribution in [0.5, 0.6) is 0 Å². The van der Waals surface area contributed by atoms with Crippen molar-refractivity contribution in [3.8, 4) is 0 Å². The summed E-state index contributed by atoms with van der Waals surface area (Å²) >= 11 is 0. The van der Waals surface area contributed by atoms with Crippen molar-refractivity contribution in [1.29, 1.82) is 0 Å². The number of hydrogen-bond donors (Lipinski definition) is 2. The topological polar surface area (TPSA) is 65.2 Å². The van der Waals surface area contributed by atoms with E-state index in [4.69, 9.17) is 10.4 Å². The van der Waals surface area contributed by atoms with Crippen molar-refractivity contribution >= 4 is 11.4 Å². The van der Waals surface area contributed by atoms with E-state index in [9.17, 15) is 0 Å². The average molecular weight is 128 g/mol. The van der Waals surface area contributed by atoms with Gasteiger partial charge in [-0.05, 0) is 19.3 Å². The fraction of sp³-hybridized carbons (Fsp3) is 0.600. The maximum Gasteiger partial charge on any atom is 0.104 e. The third kappa shape index (κ3) is 1.01. The largest absolute Gasteiger partial charge is 0.411 e. The normalized spacial score (nSPS) is 28.0. The molecule has 9 heavy (non-hydrogen) atoms. The highest BCUT2D eigenvalue weighted by molar-refractivity contribution is 6.43. The Balaban J connectivity index is 2.75. The Morgan fingerprint density at radius 2 is 1.44 bits per heavy atom. The maximum absolute atomic E-state index is 8.26. The van der Waals surface area contributed by atoms with Gasteiger partial charge in [0.1, 0.15) is 11.4 Å². The van der Waals surface area contributed by atoms with Crippen LogP contribution in [0, 0.1) is 0 Å². The van der Waals surface area contributed by atoms with Gasteiger partial charge in [0.15, 0.2) is 0 Å². The molecule has 0 unspecified atom stereocenters. The minimum Gasteiger partial charge on any atom is -0.411 e. The highest BCUT2D eigenvalue weighted by Crippen LogP contribution is 2.11. The molecule has 0 bridgehead atoms. The lowest BCUT2D eigenvalue weighted by Crippen LogP contribution is -2.04. The fourth-order valence-electron chi connectivity index (χ4n) is 0.927. The third-order valence-electron chi connectivity index (χ3n) is 1.40. The van der Waals surface area contributed by atoms with Crippen molar-refractivity contribution < 1.29 is 10.4 Å². The summed E-state index contributed by atoms with van der Waals surface area (Å²) in [5, 5.41) is 22.5. The first-order chi connectivity index (χ1) is 4.38. The SMILES string of the molecule is O/N=C1/CCC/C1=N\O. The minimum absolute atomic E-state index is 0.512. The Morgan fingerprint density at radius 3 is 1.78 bits per heavy atom. The predicted octanol–water partition coefficient (Wildman–Crippen LogP) is 0.831. The number of oxime groups is 2. The summed E-state index contributed by atoms with van der Waals surface area (Å²) < 4.78 is 0. The minimum atomic E-state index is 0.512. The zero-order valence-corrected chi connectivity index (χ0v) is 4.91. The van der Waals surface area contributed by atoms with Gasteiger partial charge in [0, 0.05) is 0 Å². The van der Waals surface area contributed by atoms with Crippen LogP contribution in [0.4, 0.5) is 0 Å². The van der Waals surface area contributed by atoms with E-state index in [0.717, 1.165) is 19.3 Å². The Hall–Kier alpha value is -1.06. The summed E-state index contributed by atoms with van der Waals surface area (Å²) in [5.74, 6) is 0. The molecule has 4 nitrogen and oxygen atoms in total. The number of hydrogen-bond acceptors (Lipinski definition) is 4. The van der Waals surface area contributed by atoms with Gasteiger partial charge < -0.3 is 10.4 Å². The van der Waals surface area contributed by atoms with Gasteiger partial charge in [0.25, 0.3) is 0 Å². The van der Waals surface area contributed by atoms with Gasteiger partial charge in [-0.2, -0.15) is 0 Å². The molecular formula is C5H8N2O2. The van der Waals surface area contributed by atoms with Gasteiger partial charge in [0.2, 0.25) is 0 Å². The van der Waals surface area contributed by atoms with Crippen LogP contribution in [-0.2, 0) is 0 Å². The summed E-state index contributed by atoms with van der Waals surface area (Å²) in [6.07, 6.45) is 2.35. The molecule has 50 valence electrons. The van der Waals surface area contributed by atoms with Gasteiger partial charge in [-0.3, -0.25) is 0 Å². The monoisotopic (exact) mass is 128 g/mol. The van der Waals surface area contributed by atoms with Crippen LogP contribution in [-0.4, -0.2) is 21.8 Å². The van der Waals surface area contributed by atoms with E-state index < -0.39 is 0 Å². The van der Waals surface area contributed by atoms with Crippen molar-refractivity contribution in [3.63, 3.8) is 0 Å². The zero-order valence-electron chi connectivity index (χ0n) is 4.91. The lowest BCUT2D eigenvalue weighted by Gasteiger charge is -1.88. The Labute approximate surface area is 52.5 Å². The van der Waals surface area contributed by atoms with Crippen molar-refractivity contribution in [2.45, 2.75) is 19.3 Å². The molecule has 0 amide bonds. The molecule has 1 rings (SSSR count). The van der Waals surface area contributed by atoms with E-state index in [0.29, 0.717) is 11.4 Å². The van der Waals surface area contributed by atoms with Crippen LogP contribution in [0.25, 0.3) is 0 Å². The Kier molecular flexibility index (Phi) is 1.67. The van der Waals surface area contributed by atoms with Crippen LogP contribution < -0.4 is 0 Å². The second-order valence-electron chi connectivity index (χ2n) is 1.95. The molecule has 0 saturated heterocycles. The van der Waals surface area contributed by atoms with Crippen LogP contribution >= 0.6 is 0 Å². The predicted molar refractivity (Wildman–Crippen MR) is 32.3 cm³/mol. The fourth-order valence-corrected chi connectivity index (χ4v) is 0.927. The molecule has 4 heteroatoms. The smallest absolute Gasteiger partial charge is 0.104 e. The standard InChI is InChI=1S/C5H8N2O2/c8-6-4-2-1-3-5(4)7-9/h8-9H,1-3H2/b6-4-,7-5+. The van der Waals surface area contributed by atoms with Crippen molar-refractivity contribution in [3.05, 3.63) is 0 Å². The molecular weight excluding hydrogens is 120 g/mol. The number of nitrogens with zero attached hydrogens (tertiary/aromatic N) is 2. The van der Waals surface area contributed by atoms with E-state index in [1.54, 1.807) is 0 Å². The highest BCUT2D eigenvalue weighted by Gasteiger charge is 2.17. The molecule has 0 aromatic rings. The second kappa shape index (κ2) is 2.48. The molecule has 0 radical (unpaired) electrons.